The van der Waals surface area contributed by atoms with Gasteiger partial charge in [-0.15, -0.1) is 13.2 Å². The Morgan fingerprint density at radius 2 is 0.869 bits per heavy atom. The molecular formula is C83H138N2O9Si2Sn3. The van der Waals surface area contributed by atoms with Gasteiger partial charge in [-0.2, -0.15) is 0 Å². The summed E-state index contributed by atoms with van der Waals surface area (Å²) in [6, 6.07) is 43.4. The van der Waals surface area contributed by atoms with Gasteiger partial charge in [0, 0.05) is 78.8 Å². The van der Waals surface area contributed by atoms with Crippen molar-refractivity contribution in [3.05, 3.63) is 159 Å². The van der Waals surface area contributed by atoms with Crippen LogP contribution in [-0.2, 0) is 27.8 Å². The summed E-state index contributed by atoms with van der Waals surface area (Å²) in [5, 5.41) is 40.5. The molecule has 0 bridgehead atoms. The van der Waals surface area contributed by atoms with Gasteiger partial charge in [-0.3, -0.25) is 0 Å². The second kappa shape index (κ2) is 44.6. The Morgan fingerprint density at radius 3 is 1.16 bits per heavy atom. The summed E-state index contributed by atoms with van der Waals surface area (Å²) in [6.07, 6.45) is 13.5. The molecule has 2 unspecified atom stereocenters. The molecule has 2 fully saturated rings. The standard InChI is InChI=1S/C39H63NO5Si.C36H57NO4Si.C8H16.3Sn.2H/c1-13-28(3)35(41)31(6)36(45-37-30(5)34(40(11)12)24-29(4)44-37)39(10,42)25-27(2)26-43-46(38(7,8)9,32-20-16-14-17-21-32)33-22-18-15-19-23-33;1-12-27(3)33(41-34-29(5)32(37(10)11)23-28(4)40-34)36(9,38)24-26(2)25-39-42(35(6,7)8,30-19-15-13-16-20-30)31-21-17-14-18-22-31;1-3-5-7-8-6-4-2;;;;;/h13-23,27-31,34-37,41-42H,1,24-26H2,2-12H3;12-22,26-29,32-34,38H,1,23-25H2,2-11H3;3,5H,4,6-8H2,1-2H3;;;;;/b;;5-3+;;;;;/t27-,28+,29-,30-,31+,34+,35-,36-,37?,39-;26-,27+,28-,29-,32+,33-,34?,36-;;;;;;/m11....../s1. The van der Waals surface area contributed by atoms with Crippen molar-refractivity contribution in [2.45, 2.75) is 259 Å². The minimum Gasteiger partial charge on any atom is 0 e. The SMILES string of the molecule is C/C=C/CCCCC.C=C[C@H](C)[C@@H](O)[C@H](C)[C@@H](OC1O[C@H](C)C[C@H](N(C)C)[C@H]1C)[C@](C)(O)C[C@@H](C)CO[Si](c1ccccc1)(c1ccccc1)C(C)(C)C.C=C[C@H](C)[C@@H](OC1O[C@H](C)C[C@H](N(C)C)[C@H]1C)[C@](C)(O)C[C@@H](C)CO[Si](c1ccccc1)(c1ccccc1)C(C)(C)C.[SnH].[SnH].[Sn]. The second-order valence-corrected chi connectivity index (χ2v) is 40.5. The van der Waals surface area contributed by atoms with Gasteiger partial charge in [-0.1, -0.05) is 255 Å². The third-order valence-electron chi connectivity index (χ3n) is 20.6. The van der Waals surface area contributed by atoms with Crippen LogP contribution in [0.4, 0.5) is 0 Å². The summed E-state index contributed by atoms with van der Waals surface area (Å²) in [7, 11) is 3.01. The number of aliphatic hydroxyl groups is 3. The predicted molar refractivity (Wildman–Crippen MR) is 430 cm³/mol. The zero-order valence-corrected chi connectivity index (χ0v) is 77.4. The summed E-state index contributed by atoms with van der Waals surface area (Å²) in [5.41, 5.74) is -2.38. The number of aliphatic hydroxyl groups excluding tert-OH is 1. The Labute approximate surface area is 657 Å². The molecule has 3 N–H and O–H groups in total. The smallest absolute Gasteiger partial charge is 0 e. The molecule has 2 aliphatic heterocycles. The number of allylic oxidation sites excluding steroid dienone is 2. The third kappa shape index (κ3) is 26.7. The molecule has 4 aromatic carbocycles. The molecule has 4 aromatic rings. The van der Waals surface area contributed by atoms with Crippen LogP contribution in [0.15, 0.2) is 159 Å². The van der Waals surface area contributed by atoms with Gasteiger partial charge in [0.05, 0.1) is 41.7 Å². The first-order valence-electron chi connectivity index (χ1n) is 36.4. The molecule has 11 nitrogen and oxygen atoms in total. The molecule has 2 heterocycles. The van der Waals surface area contributed by atoms with Gasteiger partial charge >= 0.3 is 47.8 Å². The van der Waals surface area contributed by atoms with Crippen LogP contribution in [0, 0.1) is 41.4 Å². The summed E-state index contributed by atoms with van der Waals surface area (Å²) in [4.78, 5) is 4.49. The molecule has 0 amide bonds. The summed E-state index contributed by atoms with van der Waals surface area (Å²) in [6.45, 7) is 49.6. The van der Waals surface area contributed by atoms with Crippen molar-refractivity contribution in [1.82, 2.24) is 9.80 Å². The van der Waals surface area contributed by atoms with Crippen molar-refractivity contribution in [2.24, 2.45) is 41.4 Å². The first kappa shape index (κ1) is 95.5. The van der Waals surface area contributed by atoms with Gasteiger partial charge in [0.15, 0.2) is 12.6 Å². The van der Waals surface area contributed by atoms with E-state index in [-0.39, 0.29) is 141 Å². The fourth-order valence-corrected chi connectivity index (χ4v) is 24.7. The number of nitrogens with zero attached hydrogens (tertiary/aromatic N) is 2. The van der Waals surface area contributed by atoms with E-state index in [0.717, 1.165) is 12.8 Å². The average Bonchev–Trinajstić information content (AvgIpc) is 0.758. The van der Waals surface area contributed by atoms with E-state index < -0.39 is 58.7 Å². The number of rotatable bonds is 32. The van der Waals surface area contributed by atoms with Crippen molar-refractivity contribution in [3.63, 3.8) is 0 Å². The molecule has 18 atom stereocenters. The predicted octanol–water partition coefficient (Wildman–Crippen LogP) is 14.0. The van der Waals surface area contributed by atoms with E-state index in [4.69, 9.17) is 27.8 Å². The van der Waals surface area contributed by atoms with E-state index in [2.05, 4.69) is 288 Å². The van der Waals surface area contributed by atoms with Gasteiger partial charge in [0.2, 0.25) is 0 Å². The van der Waals surface area contributed by atoms with Gasteiger partial charge in [0.1, 0.15) is 0 Å². The minimum absolute atomic E-state index is 0. The Balaban J connectivity index is 0.000000868. The largest absolute Gasteiger partial charge is 0 e. The first-order valence-corrected chi connectivity index (χ1v) is 40.3. The number of benzene rings is 4. The molecule has 2 saturated heterocycles. The summed E-state index contributed by atoms with van der Waals surface area (Å²) < 4.78 is 40.6. The van der Waals surface area contributed by atoms with E-state index in [1.807, 2.05) is 33.8 Å². The maximum absolute atomic E-state index is 12.3. The van der Waals surface area contributed by atoms with E-state index in [1.165, 1.54) is 46.4 Å². The van der Waals surface area contributed by atoms with E-state index >= 15 is 0 Å². The molecule has 554 valence electrons. The van der Waals surface area contributed by atoms with Crippen LogP contribution in [0.1, 0.15) is 183 Å². The van der Waals surface area contributed by atoms with Gasteiger partial charge in [0.25, 0.3) is 16.6 Å². The fraction of sp³-hybridized carbons (Fsp3) is 0.639. The van der Waals surface area contributed by atoms with Gasteiger partial charge in [-0.25, -0.2) is 0 Å². The van der Waals surface area contributed by atoms with Crippen LogP contribution in [0.3, 0.4) is 0 Å². The Kier molecular flexibility index (Phi) is 43.0. The summed E-state index contributed by atoms with van der Waals surface area (Å²) in [5.74, 6) is -0.255. The molecule has 10 radical (unpaired) electrons. The zero-order chi connectivity index (χ0) is 72.0. The maximum atomic E-state index is 12.3. The molecule has 0 aliphatic carbocycles. The summed E-state index contributed by atoms with van der Waals surface area (Å²) >= 11 is 0. The zero-order valence-electron chi connectivity index (χ0n) is 65.9. The van der Waals surface area contributed by atoms with Gasteiger partial charge in [-0.05, 0) is 144 Å². The first-order chi connectivity index (χ1) is 45.0. The van der Waals surface area contributed by atoms with Crippen LogP contribution >= 0.6 is 0 Å². The number of hydrogen-bond donors (Lipinski definition) is 3. The Bertz CT molecular complexity index is 2770. The van der Waals surface area contributed by atoms with Crippen LogP contribution < -0.4 is 20.7 Å². The number of unbranched alkanes of at least 4 members (excludes halogenated alkanes) is 3. The monoisotopic (exact) mass is 1720 g/mol. The topological polar surface area (TPSA) is 123 Å². The van der Waals surface area contributed by atoms with E-state index in [0.29, 0.717) is 32.1 Å². The maximum Gasteiger partial charge on any atom is 0 e. The quantitative estimate of drug-likeness (QED) is 0.0246. The molecule has 6 rings (SSSR count). The normalized spacial score (nSPS) is 23.6. The Hall–Kier alpha value is -1.51. The molecule has 16 heteroatoms. The molecule has 0 saturated carbocycles. The van der Waals surface area contributed by atoms with Crippen molar-refractivity contribution >= 4 is 109 Å². The van der Waals surface area contributed by atoms with Crippen molar-refractivity contribution in [1.29, 1.82) is 0 Å². The van der Waals surface area contributed by atoms with Crippen LogP contribution in [0.25, 0.3) is 0 Å². The molecule has 0 aromatic heterocycles. The van der Waals surface area contributed by atoms with E-state index in [1.54, 1.807) is 6.08 Å². The number of ether oxygens (including phenoxy) is 4. The number of hydrogen-bond acceptors (Lipinski definition) is 11. The minimum atomic E-state index is -2.73. The molecular weight excluding hydrogens is 1580 g/mol. The molecule has 0 spiro atoms. The van der Waals surface area contributed by atoms with Crippen molar-refractivity contribution in [2.75, 3.05) is 41.4 Å². The third-order valence-corrected chi connectivity index (χ3v) is 30.6. The van der Waals surface area contributed by atoms with Crippen LogP contribution in [0.2, 0.25) is 10.1 Å². The van der Waals surface area contributed by atoms with Crippen LogP contribution in [0.5, 0.6) is 0 Å². The average molecular weight is 1720 g/mol. The van der Waals surface area contributed by atoms with Crippen molar-refractivity contribution in [3.8, 4) is 0 Å². The Morgan fingerprint density at radius 1 is 0.545 bits per heavy atom. The van der Waals surface area contributed by atoms with Crippen LogP contribution in [-0.4, -0.2) is 221 Å². The van der Waals surface area contributed by atoms with E-state index in [9.17, 15) is 15.3 Å². The molecule has 2 aliphatic rings. The van der Waals surface area contributed by atoms with Crippen molar-refractivity contribution < 1.29 is 43.1 Å². The molecule has 99 heavy (non-hydrogen) atoms. The second-order valence-electron chi connectivity index (χ2n) is 31.9. The van der Waals surface area contributed by atoms with Gasteiger partial charge < -0.3 is 52.9 Å². The fourth-order valence-electron chi connectivity index (χ4n) is 15.3.